The topological polar surface area (TPSA) is 197 Å². The third-order valence-corrected chi connectivity index (χ3v) is 8.41. The number of aliphatic hydroxyl groups is 3. The van der Waals surface area contributed by atoms with E-state index in [-0.39, 0.29) is 40.3 Å². The Morgan fingerprint density at radius 2 is 1.82 bits per heavy atom. The van der Waals surface area contributed by atoms with Crippen LogP contribution in [0.4, 0.5) is 4.39 Å². The van der Waals surface area contributed by atoms with Gasteiger partial charge in [-0.15, -0.1) is 0 Å². The molecule has 1 saturated carbocycles. The first kappa shape index (κ1) is 28.1. The molecule has 3 aliphatic carbocycles. The molecule has 3 aliphatic rings. The summed E-state index contributed by atoms with van der Waals surface area (Å²) in [5.74, 6) is -4.48. The van der Waals surface area contributed by atoms with Crippen LogP contribution in [0.15, 0.2) is 18.2 Å². The molecule has 11 nitrogen and oxygen atoms in total. The highest BCUT2D eigenvalue weighted by Crippen LogP contribution is 2.52. The lowest BCUT2D eigenvalue weighted by atomic mass is 9.71. The molecule has 1 fully saturated rings. The molecule has 0 bridgehead atoms. The number of fused-ring (bicyclic) bond motifs is 3. The van der Waals surface area contributed by atoms with Crippen LogP contribution in [-0.4, -0.2) is 86.6 Å². The average Bonchev–Trinajstić information content (AvgIpc) is 2.94. The summed E-state index contributed by atoms with van der Waals surface area (Å²) in [4.78, 5) is 39.8. The molecule has 0 aliphatic heterocycles. The number of benzene rings is 2. The predicted octanol–water partition coefficient (Wildman–Crippen LogP) is 0.613. The molecule has 0 aromatic heterocycles. The highest BCUT2D eigenvalue weighted by Gasteiger charge is 2.51. The maximum Gasteiger partial charge on any atom is 0.202 e. The van der Waals surface area contributed by atoms with Crippen molar-refractivity contribution in [2.24, 2.45) is 11.7 Å². The van der Waals surface area contributed by atoms with Gasteiger partial charge in [-0.05, 0) is 18.4 Å². The summed E-state index contributed by atoms with van der Waals surface area (Å²) in [5, 5.41) is 53.9. The van der Waals surface area contributed by atoms with E-state index in [1.165, 1.54) is 25.3 Å². The Labute approximate surface area is 227 Å². The van der Waals surface area contributed by atoms with Gasteiger partial charge in [-0.1, -0.05) is 19.1 Å². The van der Waals surface area contributed by atoms with E-state index in [1.807, 2.05) is 0 Å². The molecular formula is C28H30FNO10. The third kappa shape index (κ3) is 4.01. The molecule has 2 aromatic rings. The van der Waals surface area contributed by atoms with E-state index in [9.17, 15) is 39.9 Å². The highest BCUT2D eigenvalue weighted by molar-refractivity contribution is 6.31. The second kappa shape index (κ2) is 9.89. The zero-order chi connectivity index (χ0) is 29.3. The molecule has 12 heteroatoms. The van der Waals surface area contributed by atoms with Crippen molar-refractivity contribution in [1.29, 1.82) is 0 Å². The maximum atomic E-state index is 15.2. The summed E-state index contributed by atoms with van der Waals surface area (Å²) >= 11 is 0. The van der Waals surface area contributed by atoms with Crippen molar-refractivity contribution in [3.63, 3.8) is 0 Å². The molecule has 0 radical (unpaired) electrons. The van der Waals surface area contributed by atoms with Gasteiger partial charge < -0.3 is 40.7 Å². The van der Waals surface area contributed by atoms with Gasteiger partial charge in [-0.25, -0.2) is 4.39 Å². The maximum absolute atomic E-state index is 15.2. The summed E-state index contributed by atoms with van der Waals surface area (Å²) in [6, 6.07) is 3.42. The van der Waals surface area contributed by atoms with Crippen molar-refractivity contribution >= 4 is 17.3 Å². The molecule has 7 N–H and O–H groups in total. The summed E-state index contributed by atoms with van der Waals surface area (Å²) in [7, 11) is 1.30. The Morgan fingerprint density at radius 1 is 1.15 bits per heavy atom. The van der Waals surface area contributed by atoms with Gasteiger partial charge in [-0.3, -0.25) is 14.4 Å². The van der Waals surface area contributed by atoms with E-state index in [4.69, 9.17) is 15.2 Å². The number of nitrogens with two attached hydrogens (primary N) is 1. The minimum atomic E-state index is -2.32. The Bertz CT molecular complexity index is 1430. The first-order valence-electron chi connectivity index (χ1n) is 12.8. The first-order valence-corrected chi connectivity index (χ1v) is 12.8. The molecule has 0 heterocycles. The Hall–Kier alpha value is -3.42. The number of hydrogen-bond donors (Lipinski definition) is 6. The molecule has 7 atom stereocenters. The number of ketones is 3. The van der Waals surface area contributed by atoms with Crippen LogP contribution in [0.25, 0.3) is 0 Å². The third-order valence-electron chi connectivity index (χ3n) is 8.41. The van der Waals surface area contributed by atoms with Crippen molar-refractivity contribution in [2.75, 3.05) is 13.7 Å². The Morgan fingerprint density at radius 3 is 2.48 bits per heavy atom. The lowest BCUT2D eigenvalue weighted by Crippen LogP contribution is -2.56. The molecule has 2 aromatic carbocycles. The Balaban J connectivity index is 1.70. The van der Waals surface area contributed by atoms with E-state index in [1.54, 1.807) is 6.92 Å². The van der Waals surface area contributed by atoms with Crippen molar-refractivity contribution in [2.45, 2.75) is 62.3 Å². The van der Waals surface area contributed by atoms with Crippen LogP contribution in [0.3, 0.4) is 0 Å². The van der Waals surface area contributed by atoms with Crippen LogP contribution in [0.2, 0.25) is 0 Å². The number of carbonyl (C=O) groups excluding carboxylic acids is 3. The zero-order valence-corrected chi connectivity index (χ0v) is 21.8. The van der Waals surface area contributed by atoms with Crippen molar-refractivity contribution in [3.05, 3.63) is 51.6 Å². The van der Waals surface area contributed by atoms with Crippen molar-refractivity contribution in [1.82, 2.24) is 0 Å². The van der Waals surface area contributed by atoms with Crippen LogP contribution < -0.4 is 10.5 Å². The van der Waals surface area contributed by atoms with Gasteiger partial charge in [0.15, 0.2) is 17.7 Å². The van der Waals surface area contributed by atoms with Gasteiger partial charge in [0.25, 0.3) is 0 Å². The second-order valence-corrected chi connectivity index (χ2v) is 10.8. The fourth-order valence-corrected chi connectivity index (χ4v) is 6.16. The van der Waals surface area contributed by atoms with E-state index in [2.05, 4.69) is 0 Å². The number of phenols is 2. The number of aliphatic hydroxyl groups excluding tert-OH is 2. The van der Waals surface area contributed by atoms with Gasteiger partial charge in [0.2, 0.25) is 5.78 Å². The minimum absolute atomic E-state index is 0.0390. The number of aromatic hydroxyl groups is 2. The number of Topliss-reactive ketones (excluding diaryl/α,β-unsaturated/α-hetero) is 1. The van der Waals surface area contributed by atoms with Crippen LogP contribution in [0, 0.1) is 5.92 Å². The number of carbonyl (C=O) groups is 3. The standard InChI is InChI=1S/C28H30FNO10/c1-10-6-14(21(29)27(37)22(10)30)40-15-8-28(38,16(32)9-31)7-12-18(15)26(36)20-19(24(12)34)23(33)11-4-3-5-13(39-2)17(11)25(20)35/h3-5,10,14-15,21-22,27,31,34,36-38H,6-9,30H2,1-2H3. The molecule has 40 heavy (non-hydrogen) atoms. The number of methoxy groups -OCH3 is 1. The minimum Gasteiger partial charge on any atom is -0.507 e. The second-order valence-electron chi connectivity index (χ2n) is 10.8. The molecule has 7 unspecified atom stereocenters. The number of ether oxygens (including phenoxy) is 2. The van der Waals surface area contributed by atoms with Gasteiger partial charge in [0.1, 0.15) is 35.6 Å². The summed E-state index contributed by atoms with van der Waals surface area (Å²) in [6.45, 7) is 0.617. The van der Waals surface area contributed by atoms with Crippen LogP contribution in [-0.2, 0) is 16.0 Å². The molecule has 0 amide bonds. The van der Waals surface area contributed by atoms with E-state index >= 15 is 4.39 Å². The molecule has 0 spiro atoms. The predicted molar refractivity (Wildman–Crippen MR) is 135 cm³/mol. The van der Waals surface area contributed by atoms with Crippen molar-refractivity contribution in [3.8, 4) is 17.2 Å². The van der Waals surface area contributed by atoms with Gasteiger partial charge in [0, 0.05) is 35.6 Å². The summed E-state index contributed by atoms with van der Waals surface area (Å²) in [5.41, 5.74) is 1.82. The quantitative estimate of drug-likeness (QED) is 0.240. The zero-order valence-electron chi connectivity index (χ0n) is 21.8. The monoisotopic (exact) mass is 559 g/mol. The SMILES string of the molecule is COc1cccc2c1C(=O)c1c(O)c3c(c(O)c1C2=O)CC(O)(C(=O)CO)CC3OC1CC(C)C(N)C(O)C1F. The van der Waals surface area contributed by atoms with Gasteiger partial charge in [-0.2, -0.15) is 0 Å². The lowest BCUT2D eigenvalue weighted by Gasteiger charge is -2.43. The number of alkyl halides is 1. The van der Waals surface area contributed by atoms with Crippen molar-refractivity contribution < 1.29 is 53.8 Å². The molecule has 214 valence electrons. The van der Waals surface area contributed by atoms with E-state index in [0.29, 0.717) is 0 Å². The van der Waals surface area contributed by atoms with Gasteiger partial charge in [0.05, 0.1) is 36.0 Å². The fraction of sp³-hybridized carbons (Fsp3) is 0.464. The molecular weight excluding hydrogens is 529 g/mol. The fourth-order valence-electron chi connectivity index (χ4n) is 6.16. The van der Waals surface area contributed by atoms with E-state index in [0.717, 1.165) is 0 Å². The first-order chi connectivity index (χ1) is 18.9. The van der Waals surface area contributed by atoms with Gasteiger partial charge >= 0.3 is 0 Å². The number of hydrogen-bond acceptors (Lipinski definition) is 11. The average molecular weight is 560 g/mol. The largest absolute Gasteiger partial charge is 0.507 e. The van der Waals surface area contributed by atoms with Crippen LogP contribution >= 0.6 is 0 Å². The summed E-state index contributed by atoms with van der Waals surface area (Å²) < 4.78 is 26.4. The summed E-state index contributed by atoms with van der Waals surface area (Å²) in [6.07, 6.45) is -7.50. The van der Waals surface area contributed by atoms with Crippen LogP contribution in [0.1, 0.15) is 68.8 Å². The normalized spacial score (nSPS) is 31.3. The van der Waals surface area contributed by atoms with Crippen LogP contribution in [0.5, 0.6) is 17.2 Å². The molecule has 0 saturated heterocycles. The van der Waals surface area contributed by atoms with E-state index < -0.39 is 95.6 Å². The number of halogens is 1. The highest BCUT2D eigenvalue weighted by atomic mass is 19.1. The number of phenolic OH excluding ortho intramolecular Hbond substituents is 2. The molecule has 5 rings (SSSR count). The lowest BCUT2D eigenvalue weighted by molar-refractivity contribution is -0.160. The smallest absolute Gasteiger partial charge is 0.202 e. The Kier molecular flexibility index (Phi) is 6.95. The number of rotatable bonds is 5.